The molecule has 0 aliphatic carbocycles. The fourth-order valence-corrected chi connectivity index (χ4v) is 2.15. The number of nitrogens with one attached hydrogen (secondary N) is 1. The second-order valence-corrected chi connectivity index (χ2v) is 5.62. The summed E-state index contributed by atoms with van der Waals surface area (Å²) in [6.45, 7) is 8.47. The molecule has 20 heavy (non-hydrogen) atoms. The Bertz CT molecular complexity index is 542. The Labute approximate surface area is 120 Å². The molecule has 0 atom stereocenters. The number of oxazole rings is 1. The lowest BCUT2D eigenvalue weighted by Gasteiger charge is -2.05. The molecule has 0 aliphatic rings. The van der Waals surface area contributed by atoms with E-state index in [1.807, 2.05) is 20.2 Å². The lowest BCUT2D eigenvalue weighted by molar-refractivity contribution is 0.483. The summed E-state index contributed by atoms with van der Waals surface area (Å²) in [5, 5.41) is 7.74. The molecule has 0 aliphatic heterocycles. The standard InChI is InChI=1S/C15H24N4O/c1-11(2)8-16-7-5-6-15-17-9-14(20-15)13-10-19(4)18-12(13)3/h9-11,16H,5-8H2,1-4H3. The van der Waals surface area contributed by atoms with Crippen LogP contribution in [0.3, 0.4) is 0 Å². The molecule has 0 unspecified atom stereocenters. The maximum absolute atomic E-state index is 5.80. The highest BCUT2D eigenvalue weighted by molar-refractivity contribution is 5.58. The molecule has 0 saturated heterocycles. The van der Waals surface area contributed by atoms with Crippen LogP contribution in [0.1, 0.15) is 31.9 Å². The van der Waals surface area contributed by atoms with Gasteiger partial charge in [-0.3, -0.25) is 4.68 Å². The van der Waals surface area contributed by atoms with Gasteiger partial charge in [-0.05, 0) is 32.4 Å². The second-order valence-electron chi connectivity index (χ2n) is 5.62. The molecule has 1 N–H and O–H groups in total. The van der Waals surface area contributed by atoms with Gasteiger partial charge in [0.15, 0.2) is 11.7 Å². The molecule has 0 fully saturated rings. The van der Waals surface area contributed by atoms with Crippen molar-refractivity contribution in [3.05, 3.63) is 24.0 Å². The minimum Gasteiger partial charge on any atom is -0.441 e. The first-order chi connectivity index (χ1) is 9.56. The van der Waals surface area contributed by atoms with Crippen molar-refractivity contribution >= 4 is 0 Å². The smallest absolute Gasteiger partial charge is 0.194 e. The summed E-state index contributed by atoms with van der Waals surface area (Å²) >= 11 is 0. The Balaban J connectivity index is 1.85. The third kappa shape index (κ3) is 3.93. The van der Waals surface area contributed by atoms with Crippen LogP contribution in [0.15, 0.2) is 16.8 Å². The lowest BCUT2D eigenvalue weighted by Crippen LogP contribution is -2.21. The van der Waals surface area contributed by atoms with Crippen LogP contribution in [0, 0.1) is 12.8 Å². The zero-order valence-electron chi connectivity index (χ0n) is 12.8. The van der Waals surface area contributed by atoms with Crippen molar-refractivity contribution in [2.45, 2.75) is 33.6 Å². The predicted octanol–water partition coefficient (Wildman–Crippen LogP) is 2.56. The van der Waals surface area contributed by atoms with E-state index in [0.29, 0.717) is 5.92 Å². The minimum atomic E-state index is 0.692. The van der Waals surface area contributed by atoms with Crippen molar-refractivity contribution in [3.8, 4) is 11.3 Å². The molecule has 2 aromatic heterocycles. The third-order valence-electron chi connectivity index (χ3n) is 3.13. The van der Waals surface area contributed by atoms with Gasteiger partial charge in [-0.15, -0.1) is 0 Å². The molecule has 0 amide bonds. The van der Waals surface area contributed by atoms with Crippen LogP contribution in [-0.4, -0.2) is 27.9 Å². The Morgan fingerprint density at radius 3 is 2.85 bits per heavy atom. The molecular formula is C15H24N4O. The summed E-state index contributed by atoms with van der Waals surface area (Å²) in [7, 11) is 1.91. The predicted molar refractivity (Wildman–Crippen MR) is 79.5 cm³/mol. The molecule has 110 valence electrons. The molecule has 0 radical (unpaired) electrons. The Hall–Kier alpha value is -1.62. The topological polar surface area (TPSA) is 55.9 Å². The molecule has 0 saturated carbocycles. The fraction of sp³-hybridized carbons (Fsp3) is 0.600. The van der Waals surface area contributed by atoms with E-state index in [0.717, 1.165) is 48.8 Å². The van der Waals surface area contributed by atoms with Crippen LogP contribution < -0.4 is 5.32 Å². The molecule has 5 heteroatoms. The van der Waals surface area contributed by atoms with Crippen molar-refractivity contribution in [2.75, 3.05) is 13.1 Å². The van der Waals surface area contributed by atoms with Crippen LogP contribution in [0.2, 0.25) is 0 Å². The van der Waals surface area contributed by atoms with Gasteiger partial charge in [-0.1, -0.05) is 13.8 Å². The number of aromatic nitrogens is 3. The quantitative estimate of drug-likeness (QED) is 0.790. The molecule has 2 aromatic rings. The van der Waals surface area contributed by atoms with E-state index in [4.69, 9.17) is 4.42 Å². The molecule has 0 bridgehead atoms. The maximum Gasteiger partial charge on any atom is 0.194 e. The zero-order valence-corrected chi connectivity index (χ0v) is 12.8. The summed E-state index contributed by atoms with van der Waals surface area (Å²) in [5.41, 5.74) is 1.98. The average molecular weight is 276 g/mol. The molecular weight excluding hydrogens is 252 g/mol. The third-order valence-corrected chi connectivity index (χ3v) is 3.13. The highest BCUT2D eigenvalue weighted by Gasteiger charge is 2.11. The number of rotatable bonds is 7. The van der Waals surface area contributed by atoms with Crippen molar-refractivity contribution in [2.24, 2.45) is 13.0 Å². The minimum absolute atomic E-state index is 0.692. The van der Waals surface area contributed by atoms with Gasteiger partial charge in [0.1, 0.15) is 0 Å². The summed E-state index contributed by atoms with van der Waals surface area (Å²) in [5.74, 6) is 2.30. The van der Waals surface area contributed by atoms with Gasteiger partial charge < -0.3 is 9.73 Å². The molecule has 2 heterocycles. The highest BCUT2D eigenvalue weighted by atomic mass is 16.4. The molecule has 2 rings (SSSR count). The number of hydrogen-bond donors (Lipinski definition) is 1. The van der Waals surface area contributed by atoms with Crippen molar-refractivity contribution in [1.82, 2.24) is 20.1 Å². The summed E-state index contributed by atoms with van der Waals surface area (Å²) in [6, 6.07) is 0. The lowest BCUT2D eigenvalue weighted by atomic mass is 10.2. The zero-order chi connectivity index (χ0) is 14.5. The van der Waals surface area contributed by atoms with E-state index in [-0.39, 0.29) is 0 Å². The largest absolute Gasteiger partial charge is 0.441 e. The number of nitrogens with zero attached hydrogens (tertiary/aromatic N) is 3. The molecule has 5 nitrogen and oxygen atoms in total. The van der Waals surface area contributed by atoms with Crippen molar-refractivity contribution < 1.29 is 4.42 Å². The van der Waals surface area contributed by atoms with Crippen LogP contribution >= 0.6 is 0 Å². The monoisotopic (exact) mass is 276 g/mol. The van der Waals surface area contributed by atoms with Crippen molar-refractivity contribution in [1.29, 1.82) is 0 Å². The Morgan fingerprint density at radius 2 is 2.20 bits per heavy atom. The van der Waals surface area contributed by atoms with E-state index in [2.05, 4.69) is 29.2 Å². The van der Waals surface area contributed by atoms with E-state index in [1.165, 1.54) is 0 Å². The Morgan fingerprint density at radius 1 is 1.40 bits per heavy atom. The fourth-order valence-electron chi connectivity index (χ4n) is 2.15. The van der Waals surface area contributed by atoms with E-state index < -0.39 is 0 Å². The van der Waals surface area contributed by atoms with E-state index in [1.54, 1.807) is 10.9 Å². The molecule has 0 spiro atoms. The van der Waals surface area contributed by atoms with Crippen LogP contribution in [0.5, 0.6) is 0 Å². The van der Waals surface area contributed by atoms with Crippen LogP contribution in [0.4, 0.5) is 0 Å². The van der Waals surface area contributed by atoms with Gasteiger partial charge in [0.05, 0.1) is 17.5 Å². The SMILES string of the molecule is Cc1nn(C)cc1-c1cnc(CCCNCC(C)C)o1. The Kier molecular flexibility index (Phi) is 4.95. The van der Waals surface area contributed by atoms with Crippen molar-refractivity contribution in [3.63, 3.8) is 0 Å². The summed E-state index contributed by atoms with van der Waals surface area (Å²) in [4.78, 5) is 4.34. The van der Waals surface area contributed by atoms with Gasteiger partial charge in [0.2, 0.25) is 0 Å². The van der Waals surface area contributed by atoms with E-state index >= 15 is 0 Å². The first-order valence-electron chi connectivity index (χ1n) is 7.22. The number of aryl methyl sites for hydroxylation is 3. The van der Waals surface area contributed by atoms with Crippen LogP contribution in [-0.2, 0) is 13.5 Å². The van der Waals surface area contributed by atoms with E-state index in [9.17, 15) is 0 Å². The molecule has 0 aromatic carbocycles. The van der Waals surface area contributed by atoms with Crippen LogP contribution in [0.25, 0.3) is 11.3 Å². The summed E-state index contributed by atoms with van der Waals surface area (Å²) < 4.78 is 7.59. The van der Waals surface area contributed by atoms with Gasteiger partial charge in [0.25, 0.3) is 0 Å². The first-order valence-corrected chi connectivity index (χ1v) is 7.22. The van der Waals surface area contributed by atoms with Gasteiger partial charge in [-0.2, -0.15) is 5.10 Å². The maximum atomic E-state index is 5.80. The van der Waals surface area contributed by atoms with Gasteiger partial charge in [0, 0.05) is 19.7 Å². The first kappa shape index (κ1) is 14.8. The normalized spacial score (nSPS) is 11.4. The van der Waals surface area contributed by atoms with Gasteiger partial charge >= 0.3 is 0 Å². The number of hydrogen-bond acceptors (Lipinski definition) is 4. The highest BCUT2D eigenvalue weighted by Crippen LogP contribution is 2.23. The second kappa shape index (κ2) is 6.70. The average Bonchev–Trinajstić information content (AvgIpc) is 2.95. The van der Waals surface area contributed by atoms with Gasteiger partial charge in [-0.25, -0.2) is 4.98 Å². The summed E-state index contributed by atoms with van der Waals surface area (Å²) in [6.07, 6.45) is 5.66.